The van der Waals surface area contributed by atoms with Gasteiger partial charge in [-0.2, -0.15) is 0 Å². The molecule has 1 heterocycles. The number of hydrogen-bond donors (Lipinski definition) is 1. The Hall–Kier alpha value is -4.89. The summed E-state index contributed by atoms with van der Waals surface area (Å²) >= 11 is 0. The highest BCUT2D eigenvalue weighted by molar-refractivity contribution is 5.82. The minimum Gasteiger partial charge on any atom is -0.489 e. The van der Waals surface area contributed by atoms with Crippen molar-refractivity contribution in [2.24, 2.45) is 0 Å². The first kappa shape index (κ1) is 22.6. The molecule has 0 radical (unpaired) electrons. The molecule has 0 bridgehead atoms. The lowest BCUT2D eigenvalue weighted by molar-refractivity contribution is 0.306. The van der Waals surface area contributed by atoms with Crippen molar-refractivity contribution in [2.45, 2.75) is 6.61 Å². The van der Waals surface area contributed by atoms with Crippen LogP contribution < -0.4 is 4.74 Å². The summed E-state index contributed by atoms with van der Waals surface area (Å²) < 4.78 is 5.97. The Morgan fingerprint density at radius 3 is 1.65 bits per heavy atom. The zero-order chi connectivity index (χ0) is 24.9. The summed E-state index contributed by atoms with van der Waals surface area (Å²) in [6.07, 6.45) is 0. The van der Waals surface area contributed by atoms with E-state index in [0.717, 1.165) is 45.2 Å². The second kappa shape index (κ2) is 10.4. The summed E-state index contributed by atoms with van der Waals surface area (Å²) in [5.41, 5.74) is 8.67. The topological polar surface area (TPSA) is 37.9 Å². The van der Waals surface area contributed by atoms with Crippen molar-refractivity contribution in [2.75, 3.05) is 0 Å². The maximum atomic E-state index is 5.97. The molecular formula is C34H26N2O. The van der Waals surface area contributed by atoms with Gasteiger partial charge in [0.05, 0.1) is 11.4 Å². The molecule has 0 fully saturated rings. The van der Waals surface area contributed by atoms with E-state index >= 15 is 0 Å². The first-order valence-corrected chi connectivity index (χ1v) is 12.4. The highest BCUT2D eigenvalue weighted by Gasteiger charge is 2.15. The van der Waals surface area contributed by atoms with Gasteiger partial charge in [0.2, 0.25) is 0 Å². The van der Waals surface area contributed by atoms with Crippen LogP contribution in [0.4, 0.5) is 0 Å². The zero-order valence-corrected chi connectivity index (χ0v) is 20.3. The van der Waals surface area contributed by atoms with E-state index < -0.39 is 0 Å². The fraction of sp³-hybridized carbons (Fsp3) is 0.0294. The molecule has 0 saturated carbocycles. The maximum Gasteiger partial charge on any atom is 0.138 e. The summed E-state index contributed by atoms with van der Waals surface area (Å²) in [7, 11) is 0. The van der Waals surface area contributed by atoms with Crippen molar-refractivity contribution >= 4 is 0 Å². The van der Waals surface area contributed by atoms with Crippen molar-refractivity contribution < 1.29 is 4.74 Å². The van der Waals surface area contributed by atoms with E-state index in [4.69, 9.17) is 9.72 Å². The van der Waals surface area contributed by atoms with E-state index in [9.17, 15) is 0 Å². The Balaban J connectivity index is 1.30. The minimum absolute atomic E-state index is 0.544. The Kier molecular flexibility index (Phi) is 6.33. The molecule has 0 aliphatic heterocycles. The van der Waals surface area contributed by atoms with Gasteiger partial charge in [-0.05, 0) is 41.0 Å². The fourth-order valence-electron chi connectivity index (χ4n) is 4.43. The molecule has 0 atom stereocenters. The highest BCUT2D eigenvalue weighted by Crippen LogP contribution is 2.34. The number of nitrogens with zero attached hydrogens (tertiary/aromatic N) is 1. The maximum absolute atomic E-state index is 5.97. The number of H-pyrrole nitrogens is 1. The number of ether oxygens (including phenoxy) is 1. The molecule has 1 N–H and O–H groups in total. The average molecular weight is 479 g/mol. The third kappa shape index (κ3) is 5.07. The van der Waals surface area contributed by atoms with Gasteiger partial charge in [0.1, 0.15) is 18.2 Å². The molecule has 0 aliphatic rings. The second-order valence-electron chi connectivity index (χ2n) is 8.92. The highest BCUT2D eigenvalue weighted by atomic mass is 16.5. The molecule has 3 heteroatoms. The smallest absolute Gasteiger partial charge is 0.138 e. The van der Waals surface area contributed by atoms with Crippen molar-refractivity contribution in [3.8, 4) is 50.8 Å². The third-order valence-electron chi connectivity index (χ3n) is 6.41. The lowest BCUT2D eigenvalue weighted by atomic mass is 10.0. The third-order valence-corrected chi connectivity index (χ3v) is 6.41. The zero-order valence-electron chi connectivity index (χ0n) is 20.3. The van der Waals surface area contributed by atoms with E-state index in [-0.39, 0.29) is 0 Å². The van der Waals surface area contributed by atoms with Gasteiger partial charge in [-0.1, -0.05) is 115 Å². The first-order valence-electron chi connectivity index (χ1n) is 12.4. The molecule has 0 aliphatic carbocycles. The van der Waals surface area contributed by atoms with Crippen LogP contribution in [-0.2, 0) is 6.61 Å². The van der Waals surface area contributed by atoms with Crippen molar-refractivity contribution in [1.29, 1.82) is 0 Å². The van der Waals surface area contributed by atoms with Gasteiger partial charge in [-0.25, -0.2) is 4.98 Å². The van der Waals surface area contributed by atoms with Gasteiger partial charge in [0.15, 0.2) is 0 Å². The molecule has 178 valence electrons. The van der Waals surface area contributed by atoms with Crippen LogP contribution in [0.3, 0.4) is 0 Å². The van der Waals surface area contributed by atoms with Crippen LogP contribution in [0.1, 0.15) is 5.56 Å². The molecule has 1 aromatic heterocycles. The lowest BCUT2D eigenvalue weighted by Gasteiger charge is -2.07. The fourth-order valence-corrected chi connectivity index (χ4v) is 4.43. The van der Waals surface area contributed by atoms with Crippen LogP contribution in [0.5, 0.6) is 5.75 Å². The van der Waals surface area contributed by atoms with E-state index in [0.29, 0.717) is 6.61 Å². The first-order chi connectivity index (χ1) is 18.3. The van der Waals surface area contributed by atoms with Gasteiger partial charge >= 0.3 is 0 Å². The Bertz CT molecular complexity index is 1570. The van der Waals surface area contributed by atoms with Crippen molar-refractivity contribution in [3.63, 3.8) is 0 Å². The Morgan fingerprint density at radius 2 is 1.00 bits per heavy atom. The van der Waals surface area contributed by atoms with E-state index in [1.807, 2.05) is 54.6 Å². The molecule has 37 heavy (non-hydrogen) atoms. The molecule has 3 nitrogen and oxygen atoms in total. The number of aromatic amines is 1. The number of hydrogen-bond acceptors (Lipinski definition) is 2. The summed E-state index contributed by atoms with van der Waals surface area (Å²) in [6, 6.07) is 47.7. The monoisotopic (exact) mass is 478 g/mol. The predicted octanol–water partition coefficient (Wildman–Crippen LogP) is 8.66. The van der Waals surface area contributed by atoms with Gasteiger partial charge in [0, 0.05) is 16.7 Å². The number of rotatable bonds is 7. The lowest BCUT2D eigenvalue weighted by Crippen LogP contribution is -1.94. The van der Waals surface area contributed by atoms with Gasteiger partial charge in [-0.15, -0.1) is 0 Å². The Morgan fingerprint density at radius 1 is 0.486 bits per heavy atom. The van der Waals surface area contributed by atoms with E-state index in [2.05, 4.69) is 89.9 Å². The van der Waals surface area contributed by atoms with Crippen LogP contribution in [0, 0.1) is 0 Å². The van der Waals surface area contributed by atoms with Crippen LogP contribution in [-0.4, -0.2) is 9.97 Å². The molecule has 0 saturated heterocycles. The molecule has 0 amide bonds. The van der Waals surface area contributed by atoms with Crippen LogP contribution in [0.2, 0.25) is 0 Å². The van der Waals surface area contributed by atoms with Crippen LogP contribution in [0.25, 0.3) is 45.0 Å². The largest absolute Gasteiger partial charge is 0.489 e. The van der Waals surface area contributed by atoms with E-state index in [1.54, 1.807) is 0 Å². The summed E-state index contributed by atoms with van der Waals surface area (Å²) in [6.45, 7) is 0.544. The number of benzene rings is 5. The Labute approximate surface area is 217 Å². The number of imidazole rings is 1. The minimum atomic E-state index is 0.544. The van der Waals surface area contributed by atoms with E-state index in [1.165, 1.54) is 11.1 Å². The van der Waals surface area contributed by atoms with Crippen molar-refractivity contribution in [3.05, 3.63) is 145 Å². The van der Waals surface area contributed by atoms with Crippen LogP contribution in [0.15, 0.2) is 140 Å². The summed E-state index contributed by atoms with van der Waals surface area (Å²) in [5.74, 6) is 1.66. The molecule has 5 aromatic carbocycles. The van der Waals surface area contributed by atoms with Gasteiger partial charge < -0.3 is 9.72 Å². The van der Waals surface area contributed by atoms with Gasteiger partial charge in [0.25, 0.3) is 0 Å². The quantitative estimate of drug-likeness (QED) is 0.249. The van der Waals surface area contributed by atoms with Crippen molar-refractivity contribution in [1.82, 2.24) is 9.97 Å². The second-order valence-corrected chi connectivity index (χ2v) is 8.92. The average Bonchev–Trinajstić information content (AvgIpc) is 3.44. The summed E-state index contributed by atoms with van der Waals surface area (Å²) in [5, 5.41) is 0. The number of nitrogens with one attached hydrogen (secondary N) is 1. The molecule has 6 rings (SSSR count). The molecule has 0 unspecified atom stereocenters. The predicted molar refractivity (Wildman–Crippen MR) is 151 cm³/mol. The van der Waals surface area contributed by atoms with Gasteiger partial charge in [-0.3, -0.25) is 0 Å². The summed E-state index contributed by atoms with van der Waals surface area (Å²) in [4.78, 5) is 8.63. The SMILES string of the molecule is c1ccc(COc2ccc(-c3nc(-c4ccccc4)c(-c4ccc(-c5ccccc5)cc4)[nH]3)cc2)cc1. The standard InChI is InChI=1S/C34H26N2O/c1-4-10-25(11-5-1)24-37-31-22-20-30(21-23-31)34-35-32(28-14-8-3-9-15-28)33(36-34)29-18-16-27(17-19-29)26-12-6-2-7-13-26/h1-23H,24H2,(H,35,36). The molecule has 0 spiro atoms. The number of aromatic nitrogens is 2. The molecule has 6 aromatic rings. The molecular weight excluding hydrogens is 452 g/mol. The van der Waals surface area contributed by atoms with Crippen LogP contribution >= 0.6 is 0 Å². The normalized spacial score (nSPS) is 10.8.